The van der Waals surface area contributed by atoms with E-state index >= 15 is 0 Å². The highest BCUT2D eigenvalue weighted by Gasteiger charge is 2.20. The van der Waals surface area contributed by atoms with Crippen LogP contribution in [-0.4, -0.2) is 50.8 Å². The third kappa shape index (κ3) is 4.34. The van der Waals surface area contributed by atoms with E-state index in [1.54, 1.807) is 32.4 Å². The van der Waals surface area contributed by atoms with Crippen molar-refractivity contribution in [3.63, 3.8) is 0 Å². The number of likely N-dealkylation sites (tertiary alicyclic amines) is 1. The van der Waals surface area contributed by atoms with Crippen LogP contribution in [0.15, 0.2) is 18.2 Å². The number of piperidine rings is 1. The zero-order valence-corrected chi connectivity index (χ0v) is 12.6. The number of hydrogen-bond donors (Lipinski definition) is 2. The number of nitrogen functional groups attached to an aromatic ring is 1. The first-order valence-electron chi connectivity index (χ1n) is 7.11. The second-order valence-corrected chi connectivity index (χ2v) is 5.22. The molecule has 0 atom stereocenters. The Morgan fingerprint density at radius 3 is 2.71 bits per heavy atom. The minimum Gasteiger partial charge on any atom is -0.494 e. The Morgan fingerprint density at radius 1 is 1.38 bits per heavy atom. The molecular weight excluding hydrogens is 270 g/mol. The molecule has 0 aromatic heterocycles. The Labute approximate surface area is 125 Å². The maximum absolute atomic E-state index is 12.1. The Kier molecular flexibility index (Phi) is 5.41. The number of nitrogens with one attached hydrogen (secondary N) is 1. The second kappa shape index (κ2) is 7.28. The molecule has 0 aliphatic carbocycles. The molecule has 21 heavy (non-hydrogen) atoms. The summed E-state index contributed by atoms with van der Waals surface area (Å²) in [5.74, 6) is 0.523. The lowest BCUT2D eigenvalue weighted by Gasteiger charge is -2.30. The fourth-order valence-electron chi connectivity index (χ4n) is 2.51. The number of nitrogens with zero attached hydrogens (tertiary/aromatic N) is 1. The van der Waals surface area contributed by atoms with Crippen molar-refractivity contribution in [3.05, 3.63) is 18.2 Å². The van der Waals surface area contributed by atoms with Gasteiger partial charge in [-0.05, 0) is 25.0 Å². The summed E-state index contributed by atoms with van der Waals surface area (Å²) in [5.41, 5.74) is 6.94. The molecule has 1 fully saturated rings. The van der Waals surface area contributed by atoms with Gasteiger partial charge in [0.25, 0.3) is 0 Å². The summed E-state index contributed by atoms with van der Waals surface area (Å²) in [6.07, 6.45) is 2.26. The first-order valence-corrected chi connectivity index (χ1v) is 7.11. The van der Waals surface area contributed by atoms with Crippen LogP contribution < -0.4 is 15.8 Å². The summed E-state index contributed by atoms with van der Waals surface area (Å²) in [5, 5.41) is 2.87. The van der Waals surface area contributed by atoms with Crippen LogP contribution in [0.3, 0.4) is 0 Å². The fraction of sp³-hybridized carbons (Fsp3) is 0.533. The molecule has 0 bridgehead atoms. The van der Waals surface area contributed by atoms with Gasteiger partial charge in [0.05, 0.1) is 25.4 Å². The molecule has 1 saturated heterocycles. The summed E-state index contributed by atoms with van der Waals surface area (Å²) in [7, 11) is 3.29. The predicted octanol–water partition coefficient (Wildman–Crippen LogP) is 1.33. The van der Waals surface area contributed by atoms with Crippen molar-refractivity contribution < 1.29 is 14.3 Å². The van der Waals surface area contributed by atoms with Crippen LogP contribution in [0, 0.1) is 0 Å². The van der Waals surface area contributed by atoms with Crippen LogP contribution in [0.25, 0.3) is 0 Å². The molecule has 0 saturated carbocycles. The van der Waals surface area contributed by atoms with Crippen molar-refractivity contribution in [1.29, 1.82) is 0 Å². The van der Waals surface area contributed by atoms with Gasteiger partial charge in [-0.25, -0.2) is 0 Å². The molecule has 1 heterocycles. The van der Waals surface area contributed by atoms with Gasteiger partial charge in [-0.1, -0.05) is 0 Å². The molecule has 1 aromatic rings. The molecule has 116 valence electrons. The van der Waals surface area contributed by atoms with Gasteiger partial charge in [0, 0.05) is 32.0 Å². The van der Waals surface area contributed by atoms with E-state index in [1.807, 2.05) is 0 Å². The SMILES string of the molecule is COc1cc(N)ccc1NC(=O)CN1CCC(OC)CC1. The van der Waals surface area contributed by atoms with Gasteiger partial charge in [-0.15, -0.1) is 0 Å². The standard InChI is InChI=1S/C15H23N3O3/c1-20-12-5-7-18(8-6-12)10-15(19)17-13-4-3-11(16)9-14(13)21-2/h3-4,9,12H,5-8,10,16H2,1-2H3,(H,17,19). The first-order chi connectivity index (χ1) is 10.1. The average Bonchev–Trinajstić information content (AvgIpc) is 2.49. The smallest absolute Gasteiger partial charge is 0.238 e. The van der Waals surface area contributed by atoms with E-state index in [1.165, 1.54) is 0 Å². The topological polar surface area (TPSA) is 76.8 Å². The number of methoxy groups -OCH3 is 2. The number of hydrogen-bond acceptors (Lipinski definition) is 5. The number of nitrogens with two attached hydrogens (primary N) is 1. The van der Waals surface area contributed by atoms with E-state index in [9.17, 15) is 4.79 Å². The first kappa shape index (κ1) is 15.6. The molecule has 0 radical (unpaired) electrons. The summed E-state index contributed by atoms with van der Waals surface area (Å²) >= 11 is 0. The third-order valence-electron chi connectivity index (χ3n) is 3.73. The molecule has 0 spiro atoms. The number of carbonyl (C=O) groups is 1. The molecule has 1 aliphatic rings. The molecule has 1 amide bonds. The number of carbonyl (C=O) groups excluding carboxylic acids is 1. The van der Waals surface area contributed by atoms with Crippen molar-refractivity contribution in [2.75, 3.05) is 44.9 Å². The van der Waals surface area contributed by atoms with E-state index in [2.05, 4.69) is 10.2 Å². The zero-order chi connectivity index (χ0) is 15.2. The third-order valence-corrected chi connectivity index (χ3v) is 3.73. The summed E-state index contributed by atoms with van der Waals surface area (Å²) in [4.78, 5) is 14.2. The summed E-state index contributed by atoms with van der Waals surface area (Å²) in [6, 6.07) is 5.19. The van der Waals surface area contributed by atoms with Gasteiger partial charge in [0.15, 0.2) is 0 Å². The summed E-state index contributed by atoms with van der Waals surface area (Å²) in [6.45, 7) is 2.14. The number of anilines is 2. The second-order valence-electron chi connectivity index (χ2n) is 5.22. The van der Waals surface area contributed by atoms with Crippen molar-refractivity contribution in [3.8, 4) is 5.75 Å². The molecule has 6 nitrogen and oxygen atoms in total. The molecule has 2 rings (SSSR count). The van der Waals surface area contributed by atoms with Crippen LogP contribution in [0.2, 0.25) is 0 Å². The monoisotopic (exact) mass is 293 g/mol. The highest BCUT2D eigenvalue weighted by Crippen LogP contribution is 2.26. The highest BCUT2D eigenvalue weighted by atomic mass is 16.5. The maximum atomic E-state index is 12.1. The number of benzene rings is 1. The summed E-state index contributed by atoms with van der Waals surface area (Å²) < 4.78 is 10.5. The Balaban J connectivity index is 1.87. The fourth-order valence-corrected chi connectivity index (χ4v) is 2.51. The van der Waals surface area contributed by atoms with Gasteiger partial charge in [-0.2, -0.15) is 0 Å². The molecule has 3 N–H and O–H groups in total. The zero-order valence-electron chi connectivity index (χ0n) is 12.6. The van der Waals surface area contributed by atoms with Crippen LogP contribution in [0.4, 0.5) is 11.4 Å². The van der Waals surface area contributed by atoms with Gasteiger partial charge in [-0.3, -0.25) is 9.69 Å². The Morgan fingerprint density at radius 2 is 2.10 bits per heavy atom. The van der Waals surface area contributed by atoms with E-state index in [0.29, 0.717) is 29.8 Å². The Bertz CT molecular complexity index is 485. The normalized spacial score (nSPS) is 16.7. The van der Waals surface area contributed by atoms with E-state index < -0.39 is 0 Å². The minimum absolute atomic E-state index is 0.0473. The van der Waals surface area contributed by atoms with E-state index in [0.717, 1.165) is 25.9 Å². The number of amides is 1. The van der Waals surface area contributed by atoms with Crippen molar-refractivity contribution >= 4 is 17.3 Å². The van der Waals surface area contributed by atoms with Gasteiger partial charge in [0.2, 0.25) is 5.91 Å². The van der Waals surface area contributed by atoms with Crippen molar-refractivity contribution in [2.45, 2.75) is 18.9 Å². The van der Waals surface area contributed by atoms with Gasteiger partial charge >= 0.3 is 0 Å². The average molecular weight is 293 g/mol. The predicted molar refractivity (Wildman–Crippen MR) is 82.5 cm³/mol. The number of ether oxygens (including phenoxy) is 2. The maximum Gasteiger partial charge on any atom is 0.238 e. The van der Waals surface area contributed by atoms with Gasteiger partial charge < -0.3 is 20.5 Å². The lowest BCUT2D eigenvalue weighted by atomic mass is 10.1. The molecule has 6 heteroatoms. The van der Waals surface area contributed by atoms with E-state index in [-0.39, 0.29) is 5.91 Å². The Hall–Kier alpha value is -1.79. The lowest BCUT2D eigenvalue weighted by molar-refractivity contribution is -0.117. The van der Waals surface area contributed by atoms with Gasteiger partial charge in [0.1, 0.15) is 5.75 Å². The molecule has 0 unspecified atom stereocenters. The van der Waals surface area contributed by atoms with Crippen molar-refractivity contribution in [1.82, 2.24) is 4.90 Å². The van der Waals surface area contributed by atoms with E-state index in [4.69, 9.17) is 15.2 Å². The molecular formula is C15H23N3O3. The minimum atomic E-state index is -0.0473. The molecule has 1 aromatic carbocycles. The largest absolute Gasteiger partial charge is 0.494 e. The van der Waals surface area contributed by atoms with Crippen LogP contribution >= 0.6 is 0 Å². The van der Waals surface area contributed by atoms with Crippen molar-refractivity contribution in [2.24, 2.45) is 0 Å². The van der Waals surface area contributed by atoms with Crippen LogP contribution in [0.1, 0.15) is 12.8 Å². The van der Waals surface area contributed by atoms with Crippen LogP contribution in [0.5, 0.6) is 5.75 Å². The lowest BCUT2D eigenvalue weighted by Crippen LogP contribution is -2.41. The number of rotatable bonds is 5. The van der Waals surface area contributed by atoms with Crippen LogP contribution in [-0.2, 0) is 9.53 Å². The quantitative estimate of drug-likeness (QED) is 0.801. The highest BCUT2D eigenvalue weighted by molar-refractivity contribution is 5.94. The molecule has 1 aliphatic heterocycles.